The van der Waals surface area contributed by atoms with Crippen LogP contribution in [0.25, 0.3) is 0 Å². The molecule has 0 fully saturated rings. The molecule has 0 atom stereocenters. The molecular weight excluding hydrogens is 224 g/mol. The lowest BCUT2D eigenvalue weighted by Gasteiger charge is -2.15. The van der Waals surface area contributed by atoms with Gasteiger partial charge in [-0.05, 0) is 62.0 Å². The van der Waals surface area contributed by atoms with E-state index in [0.29, 0.717) is 38.0 Å². The van der Waals surface area contributed by atoms with Crippen molar-refractivity contribution >= 4 is 0 Å². The van der Waals surface area contributed by atoms with Gasteiger partial charge in [-0.2, -0.15) is 0 Å². The molecule has 0 aliphatic rings. The van der Waals surface area contributed by atoms with Gasteiger partial charge in [0.15, 0.2) is 0 Å². The molecule has 8 N–H and O–H groups in total. The van der Waals surface area contributed by atoms with Crippen LogP contribution in [0.5, 0.6) is 0 Å². The van der Waals surface area contributed by atoms with Crippen molar-refractivity contribution in [3.05, 3.63) is 35.4 Å². The molecule has 0 bridgehead atoms. The molecule has 1 aromatic rings. The van der Waals surface area contributed by atoms with Crippen molar-refractivity contribution in [2.75, 3.05) is 26.2 Å². The fraction of sp³-hybridized carbons (Fsp3) is 0.571. The fourth-order valence-corrected chi connectivity index (χ4v) is 2.08. The van der Waals surface area contributed by atoms with Crippen LogP contribution in [0, 0.1) is 11.8 Å². The standard InChI is InChI=1S/C14H26N4/c15-7-13(8-16)5-11-2-1-3-12(4-11)6-14(9-17)10-18/h1-4,13-14H,5-10,15-18H2. The molecule has 4 heteroatoms. The largest absolute Gasteiger partial charge is 0.330 e. The Bertz CT molecular complexity index is 303. The molecule has 0 unspecified atom stereocenters. The van der Waals surface area contributed by atoms with Gasteiger partial charge < -0.3 is 22.9 Å². The van der Waals surface area contributed by atoms with Gasteiger partial charge in [0.05, 0.1) is 0 Å². The first-order chi connectivity index (χ1) is 8.73. The third-order valence-electron chi connectivity index (χ3n) is 3.37. The maximum atomic E-state index is 5.68. The highest BCUT2D eigenvalue weighted by Gasteiger charge is 2.08. The van der Waals surface area contributed by atoms with Gasteiger partial charge in [0.25, 0.3) is 0 Å². The SMILES string of the molecule is NCC(CN)Cc1cccc(CC(CN)CN)c1. The lowest BCUT2D eigenvalue weighted by Crippen LogP contribution is -2.26. The Hall–Kier alpha value is -0.940. The minimum atomic E-state index is 0.361. The van der Waals surface area contributed by atoms with E-state index in [2.05, 4.69) is 24.3 Å². The molecule has 1 aromatic carbocycles. The number of hydrogen-bond donors (Lipinski definition) is 4. The molecule has 0 saturated carbocycles. The highest BCUT2D eigenvalue weighted by atomic mass is 14.6. The zero-order valence-corrected chi connectivity index (χ0v) is 11.0. The molecule has 102 valence electrons. The van der Waals surface area contributed by atoms with E-state index >= 15 is 0 Å². The van der Waals surface area contributed by atoms with Crippen LogP contribution in [0.15, 0.2) is 24.3 Å². The van der Waals surface area contributed by atoms with Crippen molar-refractivity contribution in [1.29, 1.82) is 0 Å². The molecule has 0 aliphatic carbocycles. The number of rotatable bonds is 8. The smallest absolute Gasteiger partial charge is 0.00336 e. The van der Waals surface area contributed by atoms with Crippen LogP contribution in [0.1, 0.15) is 11.1 Å². The summed E-state index contributed by atoms with van der Waals surface area (Å²) in [6, 6.07) is 8.55. The Kier molecular flexibility index (Phi) is 6.90. The maximum Gasteiger partial charge on any atom is -0.00336 e. The fourth-order valence-electron chi connectivity index (χ4n) is 2.08. The van der Waals surface area contributed by atoms with Gasteiger partial charge in [-0.3, -0.25) is 0 Å². The first-order valence-electron chi connectivity index (χ1n) is 6.61. The molecule has 18 heavy (non-hydrogen) atoms. The van der Waals surface area contributed by atoms with Crippen molar-refractivity contribution in [2.24, 2.45) is 34.8 Å². The second-order valence-electron chi connectivity index (χ2n) is 4.90. The molecule has 0 heterocycles. The molecule has 0 saturated heterocycles. The van der Waals surface area contributed by atoms with Crippen LogP contribution in [0.2, 0.25) is 0 Å². The lowest BCUT2D eigenvalue weighted by molar-refractivity contribution is 0.541. The Morgan fingerprint density at radius 3 is 1.44 bits per heavy atom. The van der Waals surface area contributed by atoms with Crippen LogP contribution in [0.3, 0.4) is 0 Å². The van der Waals surface area contributed by atoms with Crippen LogP contribution in [0.4, 0.5) is 0 Å². The summed E-state index contributed by atoms with van der Waals surface area (Å²) in [4.78, 5) is 0. The normalized spacial score (nSPS) is 11.4. The van der Waals surface area contributed by atoms with E-state index in [1.165, 1.54) is 11.1 Å². The topological polar surface area (TPSA) is 104 Å². The quantitative estimate of drug-likeness (QED) is 0.514. The maximum absolute atomic E-state index is 5.68. The molecule has 1 rings (SSSR count). The molecule has 0 aliphatic heterocycles. The van der Waals surface area contributed by atoms with Crippen LogP contribution < -0.4 is 22.9 Å². The summed E-state index contributed by atoms with van der Waals surface area (Å²) >= 11 is 0. The van der Waals surface area contributed by atoms with Gasteiger partial charge in [-0.1, -0.05) is 24.3 Å². The van der Waals surface area contributed by atoms with E-state index in [4.69, 9.17) is 22.9 Å². The molecule has 0 radical (unpaired) electrons. The van der Waals surface area contributed by atoms with E-state index in [9.17, 15) is 0 Å². The molecule has 0 amide bonds. The van der Waals surface area contributed by atoms with Crippen molar-refractivity contribution in [2.45, 2.75) is 12.8 Å². The Morgan fingerprint density at radius 1 is 0.722 bits per heavy atom. The van der Waals surface area contributed by atoms with Gasteiger partial charge in [0.1, 0.15) is 0 Å². The van der Waals surface area contributed by atoms with Gasteiger partial charge >= 0.3 is 0 Å². The summed E-state index contributed by atoms with van der Waals surface area (Å²) < 4.78 is 0. The predicted molar refractivity (Wildman–Crippen MR) is 77.0 cm³/mol. The Labute approximate surface area is 110 Å². The summed E-state index contributed by atoms with van der Waals surface area (Å²) in [7, 11) is 0. The summed E-state index contributed by atoms with van der Waals surface area (Å²) in [6.45, 7) is 2.54. The Balaban J connectivity index is 2.66. The predicted octanol–water partition coefficient (Wildman–Crippen LogP) is -0.161. The number of nitrogens with two attached hydrogens (primary N) is 4. The zero-order valence-electron chi connectivity index (χ0n) is 11.0. The molecule has 4 nitrogen and oxygen atoms in total. The van der Waals surface area contributed by atoms with E-state index in [0.717, 1.165) is 12.8 Å². The minimum absolute atomic E-state index is 0.361. The molecular formula is C14H26N4. The van der Waals surface area contributed by atoms with Crippen molar-refractivity contribution in [1.82, 2.24) is 0 Å². The average molecular weight is 250 g/mol. The monoisotopic (exact) mass is 250 g/mol. The van der Waals surface area contributed by atoms with E-state index in [1.54, 1.807) is 0 Å². The average Bonchev–Trinajstić information content (AvgIpc) is 2.42. The summed E-state index contributed by atoms with van der Waals surface area (Å²) in [5, 5.41) is 0. The third-order valence-corrected chi connectivity index (χ3v) is 3.37. The number of hydrogen-bond acceptors (Lipinski definition) is 4. The van der Waals surface area contributed by atoms with Gasteiger partial charge in [0, 0.05) is 0 Å². The van der Waals surface area contributed by atoms with E-state index in [1.807, 2.05) is 0 Å². The van der Waals surface area contributed by atoms with Gasteiger partial charge in [-0.25, -0.2) is 0 Å². The van der Waals surface area contributed by atoms with E-state index in [-0.39, 0.29) is 0 Å². The van der Waals surface area contributed by atoms with Crippen LogP contribution in [-0.2, 0) is 12.8 Å². The highest BCUT2D eigenvalue weighted by Crippen LogP contribution is 2.13. The number of benzene rings is 1. The van der Waals surface area contributed by atoms with Gasteiger partial charge in [0.2, 0.25) is 0 Å². The van der Waals surface area contributed by atoms with Gasteiger partial charge in [-0.15, -0.1) is 0 Å². The molecule has 0 aromatic heterocycles. The second-order valence-corrected chi connectivity index (χ2v) is 4.90. The van der Waals surface area contributed by atoms with Crippen LogP contribution >= 0.6 is 0 Å². The highest BCUT2D eigenvalue weighted by molar-refractivity contribution is 5.24. The van der Waals surface area contributed by atoms with E-state index < -0.39 is 0 Å². The summed E-state index contributed by atoms with van der Waals surface area (Å²) in [5.41, 5.74) is 25.3. The summed E-state index contributed by atoms with van der Waals surface area (Å²) in [6.07, 6.45) is 1.88. The third kappa shape index (κ3) is 4.74. The van der Waals surface area contributed by atoms with Crippen molar-refractivity contribution < 1.29 is 0 Å². The van der Waals surface area contributed by atoms with Crippen molar-refractivity contribution in [3.8, 4) is 0 Å². The van der Waals surface area contributed by atoms with Crippen LogP contribution in [-0.4, -0.2) is 26.2 Å². The van der Waals surface area contributed by atoms with Crippen molar-refractivity contribution in [3.63, 3.8) is 0 Å². The molecule has 0 spiro atoms. The lowest BCUT2D eigenvalue weighted by atomic mass is 9.94. The first-order valence-corrected chi connectivity index (χ1v) is 6.61. The second kappa shape index (κ2) is 8.21. The Morgan fingerprint density at radius 2 is 1.11 bits per heavy atom. The zero-order chi connectivity index (χ0) is 13.4. The first kappa shape index (κ1) is 15.1. The summed E-state index contributed by atoms with van der Waals surface area (Å²) in [5.74, 6) is 0.722. The minimum Gasteiger partial charge on any atom is -0.330 e.